The van der Waals surface area contributed by atoms with Crippen molar-refractivity contribution in [3.05, 3.63) is 29.8 Å². The number of hydrogen-bond donors (Lipinski definition) is 2. The van der Waals surface area contributed by atoms with Crippen molar-refractivity contribution in [2.45, 2.75) is 63.4 Å². The molecule has 2 bridgehead atoms. The average Bonchev–Trinajstić information content (AvgIpc) is 2.91. The second-order valence-corrected chi connectivity index (χ2v) is 6.62. The fourth-order valence-electron chi connectivity index (χ4n) is 3.55. The first-order valence-electron chi connectivity index (χ1n) is 8.45. The van der Waals surface area contributed by atoms with Crippen LogP contribution in [0.3, 0.4) is 0 Å². The van der Waals surface area contributed by atoms with E-state index in [1.165, 1.54) is 12.8 Å². The number of nitrogens with one attached hydrogen (secondary N) is 2. The zero-order valence-corrected chi connectivity index (χ0v) is 15.1. The summed E-state index contributed by atoms with van der Waals surface area (Å²) in [5.41, 5.74) is 1.00. The molecule has 2 heterocycles. The molecular formula is C18H27ClN2O3. The van der Waals surface area contributed by atoms with Crippen molar-refractivity contribution in [2.75, 3.05) is 7.11 Å². The van der Waals surface area contributed by atoms with E-state index in [0.717, 1.165) is 24.2 Å². The molecule has 0 aromatic heterocycles. The van der Waals surface area contributed by atoms with Crippen molar-refractivity contribution < 1.29 is 14.3 Å². The Bertz CT molecular complexity index is 543. The molecule has 1 amide bonds. The summed E-state index contributed by atoms with van der Waals surface area (Å²) in [6.07, 6.45) is 4.09. The van der Waals surface area contributed by atoms with Crippen molar-refractivity contribution >= 4 is 18.3 Å². The van der Waals surface area contributed by atoms with Crippen LogP contribution in [0.5, 0.6) is 5.75 Å². The summed E-state index contributed by atoms with van der Waals surface area (Å²) in [5, 5.41) is 6.74. The van der Waals surface area contributed by atoms with E-state index < -0.39 is 6.10 Å². The summed E-state index contributed by atoms with van der Waals surface area (Å²) in [7, 11) is 1.64. The molecule has 5 nitrogen and oxygen atoms in total. The third-order valence-electron chi connectivity index (χ3n) is 4.82. The van der Waals surface area contributed by atoms with Gasteiger partial charge >= 0.3 is 0 Å². The lowest BCUT2D eigenvalue weighted by atomic mass is 9.99. The molecule has 1 aromatic carbocycles. The number of ether oxygens (including phenoxy) is 2. The Hall–Kier alpha value is -1.30. The van der Waals surface area contributed by atoms with E-state index in [1.807, 2.05) is 31.2 Å². The number of halogens is 1. The van der Waals surface area contributed by atoms with E-state index in [2.05, 4.69) is 10.6 Å². The fourth-order valence-corrected chi connectivity index (χ4v) is 3.55. The van der Waals surface area contributed by atoms with Gasteiger partial charge in [-0.3, -0.25) is 4.79 Å². The summed E-state index contributed by atoms with van der Waals surface area (Å²) in [6.45, 7) is 2.22. The number of amides is 1. The third-order valence-corrected chi connectivity index (χ3v) is 4.82. The lowest BCUT2D eigenvalue weighted by Crippen LogP contribution is -2.50. The topological polar surface area (TPSA) is 59.6 Å². The minimum atomic E-state index is -0.450. The highest BCUT2D eigenvalue weighted by Crippen LogP contribution is 2.26. The molecule has 3 atom stereocenters. The number of methoxy groups -OCH3 is 1. The molecule has 1 aromatic rings. The summed E-state index contributed by atoms with van der Waals surface area (Å²) in [5.74, 6) is 0.785. The van der Waals surface area contributed by atoms with E-state index in [-0.39, 0.29) is 24.4 Å². The highest BCUT2D eigenvalue weighted by atomic mass is 35.5. The van der Waals surface area contributed by atoms with Crippen LogP contribution in [0.4, 0.5) is 0 Å². The number of carbonyl (C=O) groups excluding carboxylic acids is 1. The van der Waals surface area contributed by atoms with Crippen molar-refractivity contribution in [1.29, 1.82) is 0 Å². The molecule has 6 heteroatoms. The Balaban J connectivity index is 0.00000208. The van der Waals surface area contributed by atoms with Crippen molar-refractivity contribution in [3.63, 3.8) is 0 Å². The number of piperidine rings is 1. The number of hydrogen-bond acceptors (Lipinski definition) is 4. The maximum absolute atomic E-state index is 12.3. The quantitative estimate of drug-likeness (QED) is 0.823. The average molecular weight is 355 g/mol. The molecule has 3 unspecified atom stereocenters. The van der Waals surface area contributed by atoms with E-state index in [4.69, 9.17) is 9.47 Å². The minimum Gasteiger partial charge on any atom is -0.497 e. The van der Waals surface area contributed by atoms with Crippen LogP contribution in [0.2, 0.25) is 0 Å². The molecule has 2 aliphatic heterocycles. The molecule has 24 heavy (non-hydrogen) atoms. The number of benzene rings is 1. The Morgan fingerprint density at radius 3 is 2.71 bits per heavy atom. The van der Waals surface area contributed by atoms with Crippen molar-refractivity contribution in [3.8, 4) is 5.75 Å². The first-order chi connectivity index (χ1) is 11.1. The van der Waals surface area contributed by atoms with Gasteiger partial charge in [-0.05, 0) is 50.3 Å². The number of fused-ring (bicyclic) bond motifs is 2. The van der Waals surface area contributed by atoms with E-state index in [1.54, 1.807) is 7.11 Å². The molecule has 134 valence electrons. The van der Waals surface area contributed by atoms with Crippen LogP contribution >= 0.6 is 12.4 Å². The van der Waals surface area contributed by atoms with Gasteiger partial charge in [-0.25, -0.2) is 0 Å². The smallest absolute Gasteiger partial charge is 0.249 e. The molecule has 2 fully saturated rings. The summed E-state index contributed by atoms with van der Waals surface area (Å²) in [4.78, 5) is 12.3. The monoisotopic (exact) mass is 354 g/mol. The first kappa shape index (κ1) is 19.0. The largest absolute Gasteiger partial charge is 0.497 e. The minimum absolute atomic E-state index is 0. The van der Waals surface area contributed by atoms with Crippen LogP contribution in [0.15, 0.2) is 24.3 Å². The van der Waals surface area contributed by atoms with Crippen LogP contribution in [-0.2, 0) is 16.1 Å². The maximum Gasteiger partial charge on any atom is 0.249 e. The van der Waals surface area contributed by atoms with Gasteiger partial charge in [0, 0.05) is 18.1 Å². The Kier molecular flexibility index (Phi) is 6.90. The van der Waals surface area contributed by atoms with Gasteiger partial charge in [-0.15, -0.1) is 12.4 Å². The molecule has 0 spiro atoms. The Labute approximate surface area is 149 Å². The van der Waals surface area contributed by atoms with Gasteiger partial charge in [0.1, 0.15) is 11.9 Å². The Morgan fingerprint density at radius 1 is 1.33 bits per heavy atom. The molecular weight excluding hydrogens is 328 g/mol. The predicted molar refractivity (Wildman–Crippen MR) is 95.6 cm³/mol. The van der Waals surface area contributed by atoms with Crippen LogP contribution in [-0.4, -0.2) is 37.2 Å². The predicted octanol–water partition coefficient (Wildman–Crippen LogP) is 2.42. The highest BCUT2D eigenvalue weighted by Gasteiger charge is 2.34. The van der Waals surface area contributed by atoms with Crippen LogP contribution in [0, 0.1) is 0 Å². The normalized spacial score (nSPS) is 26.3. The second-order valence-electron chi connectivity index (χ2n) is 6.62. The van der Waals surface area contributed by atoms with E-state index >= 15 is 0 Å². The highest BCUT2D eigenvalue weighted by molar-refractivity contribution is 5.85. The zero-order chi connectivity index (χ0) is 16.2. The van der Waals surface area contributed by atoms with E-state index in [0.29, 0.717) is 18.7 Å². The molecule has 2 aliphatic rings. The van der Waals surface area contributed by atoms with Crippen molar-refractivity contribution in [2.24, 2.45) is 0 Å². The lowest BCUT2D eigenvalue weighted by Gasteiger charge is -2.30. The zero-order valence-electron chi connectivity index (χ0n) is 14.3. The van der Waals surface area contributed by atoms with Crippen LogP contribution < -0.4 is 15.4 Å². The SMILES string of the molecule is COc1cccc(COC(C)C(=O)NC2CC3CCC(C2)N3)c1.Cl. The molecule has 2 N–H and O–H groups in total. The second kappa shape index (κ2) is 8.70. The fraction of sp³-hybridized carbons (Fsp3) is 0.611. The van der Waals surface area contributed by atoms with E-state index in [9.17, 15) is 4.79 Å². The van der Waals surface area contributed by atoms with Crippen LogP contribution in [0.1, 0.15) is 38.2 Å². The molecule has 0 aliphatic carbocycles. The summed E-state index contributed by atoms with van der Waals surface area (Å²) in [6, 6.07) is 9.15. The van der Waals surface area contributed by atoms with Gasteiger partial charge in [0.15, 0.2) is 0 Å². The maximum atomic E-state index is 12.3. The van der Waals surface area contributed by atoms with Crippen molar-refractivity contribution in [1.82, 2.24) is 10.6 Å². The molecule has 3 rings (SSSR count). The standard InChI is InChI=1S/C18H26N2O3.ClH/c1-12(23-11-13-4-3-5-17(8-13)22-2)18(21)20-16-9-14-6-7-15(10-16)19-14;/h3-5,8,12,14-16,19H,6-7,9-11H2,1-2H3,(H,20,21);1H. The van der Waals surface area contributed by atoms with Gasteiger partial charge in [0.25, 0.3) is 0 Å². The first-order valence-corrected chi connectivity index (χ1v) is 8.45. The molecule has 0 saturated carbocycles. The van der Waals surface area contributed by atoms with Gasteiger partial charge in [0.2, 0.25) is 5.91 Å². The van der Waals surface area contributed by atoms with Crippen LogP contribution in [0.25, 0.3) is 0 Å². The van der Waals surface area contributed by atoms with Gasteiger partial charge in [0.05, 0.1) is 13.7 Å². The van der Waals surface area contributed by atoms with Gasteiger partial charge in [-0.1, -0.05) is 12.1 Å². The summed E-state index contributed by atoms with van der Waals surface area (Å²) < 4.78 is 10.9. The van der Waals surface area contributed by atoms with Gasteiger partial charge in [-0.2, -0.15) is 0 Å². The number of rotatable bonds is 6. The third kappa shape index (κ3) is 4.85. The summed E-state index contributed by atoms with van der Waals surface area (Å²) >= 11 is 0. The molecule has 0 radical (unpaired) electrons. The molecule has 2 saturated heterocycles. The van der Waals surface area contributed by atoms with Gasteiger partial charge < -0.3 is 20.1 Å². The Morgan fingerprint density at radius 2 is 2.04 bits per heavy atom. The number of carbonyl (C=O) groups is 1. The lowest BCUT2D eigenvalue weighted by molar-refractivity contribution is -0.133.